The number of aryl methyl sites for hydroxylation is 2. The van der Waals surface area contributed by atoms with Gasteiger partial charge in [-0.1, -0.05) is 59.3 Å². The fraction of sp³-hybridized carbons (Fsp3) is 0.261. The number of nitrogens with two attached hydrogens (primary N) is 1. The molecule has 2 heterocycles. The van der Waals surface area contributed by atoms with E-state index < -0.39 is 0 Å². The van der Waals surface area contributed by atoms with Gasteiger partial charge in [0.25, 0.3) is 0 Å². The zero-order valence-electron chi connectivity index (χ0n) is 18.8. The second-order valence-electron chi connectivity index (χ2n) is 7.85. The first-order valence-corrected chi connectivity index (χ1v) is 11.1. The van der Waals surface area contributed by atoms with Gasteiger partial charge >= 0.3 is 0 Å². The van der Waals surface area contributed by atoms with Crippen molar-refractivity contribution in [2.75, 3.05) is 24.7 Å². The van der Waals surface area contributed by atoms with Gasteiger partial charge in [0.15, 0.2) is 11.0 Å². The summed E-state index contributed by atoms with van der Waals surface area (Å²) in [6.45, 7) is 6.17. The Balaban J connectivity index is 1.76. The van der Waals surface area contributed by atoms with Gasteiger partial charge in [0.2, 0.25) is 11.9 Å². The van der Waals surface area contributed by atoms with Crippen LogP contribution in [0.1, 0.15) is 29.1 Å². The molecule has 1 atom stereocenters. The van der Waals surface area contributed by atoms with E-state index in [4.69, 9.17) is 5.73 Å². The molecule has 0 bridgehead atoms. The van der Waals surface area contributed by atoms with E-state index in [0.29, 0.717) is 11.8 Å². The summed E-state index contributed by atoms with van der Waals surface area (Å²) in [6.07, 6.45) is 0. The minimum Gasteiger partial charge on any atom is -0.368 e. The lowest BCUT2D eigenvalue weighted by molar-refractivity contribution is 0.843. The van der Waals surface area contributed by atoms with Gasteiger partial charge in [0, 0.05) is 25.3 Å². The number of hydrogen-bond acceptors (Lipinski definition) is 8. The van der Waals surface area contributed by atoms with Gasteiger partial charge in [0.1, 0.15) is 5.82 Å². The maximum absolute atomic E-state index is 5.92. The average molecular weight is 447 g/mol. The van der Waals surface area contributed by atoms with Crippen LogP contribution in [0.15, 0.2) is 53.7 Å². The molecule has 0 aliphatic rings. The summed E-state index contributed by atoms with van der Waals surface area (Å²) < 4.78 is 2.07. The van der Waals surface area contributed by atoms with Crippen molar-refractivity contribution < 1.29 is 0 Å². The maximum Gasteiger partial charge on any atom is 0.229 e. The Morgan fingerprint density at radius 2 is 1.50 bits per heavy atom. The Kier molecular flexibility index (Phi) is 6.09. The molecular formula is C23H26N8S. The molecule has 8 nitrogen and oxygen atoms in total. The maximum atomic E-state index is 5.92. The van der Waals surface area contributed by atoms with Gasteiger partial charge in [-0.3, -0.25) is 4.57 Å². The van der Waals surface area contributed by atoms with Crippen molar-refractivity contribution in [2.24, 2.45) is 0 Å². The van der Waals surface area contributed by atoms with Crippen molar-refractivity contribution in [1.29, 1.82) is 0 Å². The van der Waals surface area contributed by atoms with E-state index >= 15 is 0 Å². The Labute approximate surface area is 192 Å². The minimum atomic E-state index is -0.113. The zero-order chi connectivity index (χ0) is 22.8. The van der Waals surface area contributed by atoms with Crippen LogP contribution in [0.4, 0.5) is 11.9 Å². The lowest BCUT2D eigenvalue weighted by Gasteiger charge is -2.15. The highest BCUT2D eigenvalue weighted by atomic mass is 32.2. The van der Waals surface area contributed by atoms with E-state index in [1.165, 1.54) is 22.9 Å². The SMILES string of the molecule is Cc1ccc(-c2nnc(S[C@@H](C)c3nc(N)nc(N(C)C)n3)n2-c2ccc(C)cc2)cc1. The number of anilines is 2. The first kappa shape index (κ1) is 21.8. The zero-order valence-corrected chi connectivity index (χ0v) is 19.6. The predicted molar refractivity (Wildman–Crippen MR) is 129 cm³/mol. The number of benzene rings is 2. The van der Waals surface area contributed by atoms with Gasteiger partial charge in [-0.15, -0.1) is 10.2 Å². The standard InChI is InChI=1S/C23H26N8S/c1-14-6-10-17(11-7-14)20-28-29-23(31(20)18-12-8-15(2)9-13-18)32-16(3)19-25-21(24)27-22(26-19)30(4)5/h6-13,16H,1-5H3,(H2,24,25,26,27)/t16-/m0/s1. The van der Waals surface area contributed by atoms with Crippen LogP contribution in [0.3, 0.4) is 0 Å². The molecule has 0 aliphatic heterocycles. The van der Waals surface area contributed by atoms with Gasteiger partial charge in [-0.2, -0.15) is 15.0 Å². The van der Waals surface area contributed by atoms with E-state index in [1.54, 1.807) is 0 Å². The summed E-state index contributed by atoms with van der Waals surface area (Å²) in [6, 6.07) is 16.6. The number of nitrogen functional groups attached to an aromatic ring is 1. The third-order valence-electron chi connectivity index (χ3n) is 4.94. The molecule has 9 heteroatoms. The Bertz CT molecular complexity index is 1220. The second-order valence-corrected chi connectivity index (χ2v) is 9.16. The molecule has 0 aliphatic carbocycles. The van der Waals surface area contributed by atoms with E-state index in [-0.39, 0.29) is 11.2 Å². The smallest absolute Gasteiger partial charge is 0.229 e. The number of nitrogens with zero attached hydrogens (tertiary/aromatic N) is 7. The highest BCUT2D eigenvalue weighted by Crippen LogP contribution is 2.36. The predicted octanol–water partition coefficient (Wildman–Crippen LogP) is 4.24. The number of thioether (sulfide) groups is 1. The molecular weight excluding hydrogens is 420 g/mol. The Hall–Kier alpha value is -3.46. The average Bonchev–Trinajstić information content (AvgIpc) is 3.17. The van der Waals surface area contributed by atoms with Crippen LogP contribution < -0.4 is 10.6 Å². The molecule has 0 saturated carbocycles. The second kappa shape index (κ2) is 8.96. The van der Waals surface area contributed by atoms with Crippen molar-refractivity contribution in [3.8, 4) is 17.1 Å². The van der Waals surface area contributed by atoms with Crippen molar-refractivity contribution in [1.82, 2.24) is 29.7 Å². The topological polar surface area (TPSA) is 98.6 Å². The Morgan fingerprint density at radius 1 is 0.875 bits per heavy atom. The number of hydrogen-bond donors (Lipinski definition) is 1. The quantitative estimate of drug-likeness (QED) is 0.439. The minimum absolute atomic E-state index is 0.113. The highest BCUT2D eigenvalue weighted by Gasteiger charge is 2.21. The summed E-state index contributed by atoms with van der Waals surface area (Å²) in [5.74, 6) is 2.11. The van der Waals surface area contributed by atoms with Crippen molar-refractivity contribution in [3.05, 3.63) is 65.5 Å². The normalized spacial score (nSPS) is 12.0. The van der Waals surface area contributed by atoms with Crippen LogP contribution in [0.5, 0.6) is 0 Å². The van der Waals surface area contributed by atoms with Crippen LogP contribution in [0.25, 0.3) is 17.1 Å². The molecule has 0 unspecified atom stereocenters. The fourth-order valence-electron chi connectivity index (χ4n) is 3.15. The van der Waals surface area contributed by atoms with E-state index in [2.05, 4.69) is 92.1 Å². The monoisotopic (exact) mass is 446 g/mol. The molecule has 0 saturated heterocycles. The molecule has 0 radical (unpaired) electrons. The lowest BCUT2D eigenvalue weighted by atomic mass is 10.1. The lowest BCUT2D eigenvalue weighted by Crippen LogP contribution is -2.16. The van der Waals surface area contributed by atoms with Crippen LogP contribution in [-0.4, -0.2) is 43.8 Å². The van der Waals surface area contributed by atoms with E-state index in [1.807, 2.05) is 25.9 Å². The molecule has 2 aromatic heterocycles. The summed E-state index contributed by atoms with van der Waals surface area (Å²) in [5, 5.41) is 9.69. The summed E-state index contributed by atoms with van der Waals surface area (Å²) in [4.78, 5) is 14.9. The number of rotatable bonds is 6. The van der Waals surface area contributed by atoms with E-state index in [9.17, 15) is 0 Å². The molecule has 2 N–H and O–H groups in total. The molecule has 0 amide bonds. The van der Waals surface area contributed by atoms with Gasteiger partial charge in [-0.05, 0) is 32.9 Å². The fourth-order valence-corrected chi connectivity index (χ4v) is 4.06. The number of aromatic nitrogens is 6. The third-order valence-corrected chi connectivity index (χ3v) is 5.98. The first-order chi connectivity index (χ1) is 15.3. The third kappa shape index (κ3) is 4.57. The molecule has 4 rings (SSSR count). The Morgan fingerprint density at radius 3 is 2.12 bits per heavy atom. The molecule has 0 fully saturated rings. The molecule has 4 aromatic rings. The van der Waals surface area contributed by atoms with Crippen LogP contribution in [0.2, 0.25) is 0 Å². The molecule has 32 heavy (non-hydrogen) atoms. The van der Waals surface area contributed by atoms with Crippen molar-refractivity contribution in [3.63, 3.8) is 0 Å². The summed E-state index contributed by atoms with van der Waals surface area (Å²) in [7, 11) is 3.75. The van der Waals surface area contributed by atoms with Crippen LogP contribution in [0, 0.1) is 13.8 Å². The molecule has 164 valence electrons. The molecule has 0 spiro atoms. The van der Waals surface area contributed by atoms with Crippen LogP contribution >= 0.6 is 11.8 Å². The summed E-state index contributed by atoms with van der Waals surface area (Å²) >= 11 is 1.53. The first-order valence-electron chi connectivity index (χ1n) is 10.3. The van der Waals surface area contributed by atoms with Crippen molar-refractivity contribution in [2.45, 2.75) is 31.2 Å². The van der Waals surface area contributed by atoms with Crippen molar-refractivity contribution >= 4 is 23.7 Å². The highest BCUT2D eigenvalue weighted by molar-refractivity contribution is 7.99. The van der Waals surface area contributed by atoms with Gasteiger partial charge in [-0.25, -0.2) is 0 Å². The van der Waals surface area contributed by atoms with Crippen LogP contribution in [-0.2, 0) is 0 Å². The van der Waals surface area contributed by atoms with Gasteiger partial charge in [0.05, 0.1) is 5.25 Å². The molecule has 2 aromatic carbocycles. The van der Waals surface area contributed by atoms with Gasteiger partial charge < -0.3 is 10.6 Å². The largest absolute Gasteiger partial charge is 0.368 e. The summed E-state index contributed by atoms with van der Waals surface area (Å²) in [5.41, 5.74) is 10.3. The van der Waals surface area contributed by atoms with E-state index in [0.717, 1.165) is 22.2 Å².